The van der Waals surface area contributed by atoms with Crippen molar-refractivity contribution in [2.24, 2.45) is 0 Å². The lowest BCUT2D eigenvalue weighted by molar-refractivity contribution is -0.126. The number of nitrogens with one attached hydrogen (secondary N) is 1. The van der Waals surface area contributed by atoms with E-state index in [0.717, 1.165) is 11.1 Å². The number of imide groups is 1. The molecular weight excluding hydrogens is 230 g/mol. The normalized spacial score (nSPS) is 10.4. The molecule has 0 bridgehead atoms. The maximum absolute atomic E-state index is 11.4. The minimum Gasteiger partial charge on any atom is -0.295 e. The van der Waals surface area contributed by atoms with Gasteiger partial charge in [0, 0.05) is 18.6 Å². The Balaban J connectivity index is 2.89. The van der Waals surface area contributed by atoms with Crippen LogP contribution < -0.4 is 5.32 Å². The molecule has 1 aromatic carbocycles. The third-order valence-electron chi connectivity index (χ3n) is 2.37. The van der Waals surface area contributed by atoms with Gasteiger partial charge in [-0.05, 0) is 37.1 Å². The van der Waals surface area contributed by atoms with Crippen molar-refractivity contribution in [3.8, 4) is 0 Å². The molecule has 0 saturated carbocycles. The monoisotopic (exact) mass is 245 g/mol. The predicted octanol–water partition coefficient (Wildman–Crippen LogP) is 1.87. The van der Waals surface area contributed by atoms with Gasteiger partial charge in [-0.1, -0.05) is 12.1 Å². The molecule has 18 heavy (non-hydrogen) atoms. The molecule has 0 unspecified atom stereocenters. The average molecular weight is 245 g/mol. The second kappa shape index (κ2) is 5.91. The quantitative estimate of drug-likeness (QED) is 0.653. The van der Waals surface area contributed by atoms with E-state index in [1.165, 1.54) is 19.9 Å². The Morgan fingerprint density at radius 1 is 1.17 bits per heavy atom. The van der Waals surface area contributed by atoms with Crippen LogP contribution in [0.4, 0.5) is 0 Å². The van der Waals surface area contributed by atoms with Crippen molar-refractivity contribution in [1.29, 1.82) is 0 Å². The fraction of sp³-hybridized carbons (Fsp3) is 0.214. The molecule has 0 atom stereocenters. The molecule has 1 rings (SSSR count). The van der Waals surface area contributed by atoms with Crippen LogP contribution in [0.25, 0.3) is 6.08 Å². The Morgan fingerprint density at radius 3 is 2.39 bits per heavy atom. The van der Waals surface area contributed by atoms with Gasteiger partial charge in [-0.3, -0.25) is 19.7 Å². The second-order valence-corrected chi connectivity index (χ2v) is 4.01. The number of aryl methyl sites for hydroxylation is 1. The van der Waals surface area contributed by atoms with Crippen LogP contribution in [-0.4, -0.2) is 17.6 Å². The highest BCUT2D eigenvalue weighted by Gasteiger charge is 2.04. The Bertz CT molecular complexity index is 530. The molecule has 1 aromatic rings. The number of amides is 2. The van der Waals surface area contributed by atoms with E-state index >= 15 is 0 Å². The first-order chi connectivity index (χ1) is 8.40. The summed E-state index contributed by atoms with van der Waals surface area (Å²) in [6.07, 6.45) is 2.82. The molecule has 0 saturated heterocycles. The van der Waals surface area contributed by atoms with Gasteiger partial charge in [-0.25, -0.2) is 0 Å². The van der Waals surface area contributed by atoms with Gasteiger partial charge in [-0.15, -0.1) is 0 Å². The zero-order valence-electron chi connectivity index (χ0n) is 10.6. The number of hydrogen-bond acceptors (Lipinski definition) is 3. The summed E-state index contributed by atoms with van der Waals surface area (Å²) in [4.78, 5) is 33.2. The molecular formula is C14H15NO3. The molecule has 4 nitrogen and oxygen atoms in total. The maximum atomic E-state index is 11.4. The number of rotatable bonds is 3. The van der Waals surface area contributed by atoms with Crippen molar-refractivity contribution in [1.82, 2.24) is 5.32 Å². The van der Waals surface area contributed by atoms with Gasteiger partial charge in [0.15, 0.2) is 5.78 Å². The summed E-state index contributed by atoms with van der Waals surface area (Å²) in [5.41, 5.74) is 2.27. The molecule has 0 radical (unpaired) electrons. The van der Waals surface area contributed by atoms with Crippen LogP contribution in [0, 0.1) is 6.92 Å². The Kier molecular flexibility index (Phi) is 4.54. The van der Waals surface area contributed by atoms with Crippen LogP contribution >= 0.6 is 0 Å². The topological polar surface area (TPSA) is 63.2 Å². The summed E-state index contributed by atoms with van der Waals surface area (Å²) in [7, 11) is 0. The molecule has 0 fully saturated rings. The van der Waals surface area contributed by atoms with Crippen LogP contribution in [0.5, 0.6) is 0 Å². The van der Waals surface area contributed by atoms with Gasteiger partial charge >= 0.3 is 0 Å². The number of carbonyl (C=O) groups is 3. The van der Waals surface area contributed by atoms with E-state index in [4.69, 9.17) is 0 Å². The van der Waals surface area contributed by atoms with Gasteiger partial charge in [0.25, 0.3) is 5.91 Å². The molecule has 0 aliphatic rings. The van der Waals surface area contributed by atoms with Crippen molar-refractivity contribution in [3.05, 3.63) is 41.0 Å². The largest absolute Gasteiger partial charge is 0.295 e. The zero-order chi connectivity index (χ0) is 13.7. The Hall–Kier alpha value is -2.23. The smallest absolute Gasteiger partial charge is 0.250 e. The highest BCUT2D eigenvalue weighted by atomic mass is 16.2. The van der Waals surface area contributed by atoms with Gasteiger partial charge < -0.3 is 0 Å². The summed E-state index contributed by atoms with van der Waals surface area (Å²) in [5.74, 6) is -0.902. The summed E-state index contributed by atoms with van der Waals surface area (Å²) >= 11 is 0. The maximum Gasteiger partial charge on any atom is 0.250 e. The first-order valence-electron chi connectivity index (χ1n) is 5.51. The van der Waals surface area contributed by atoms with Crippen molar-refractivity contribution in [2.75, 3.05) is 0 Å². The summed E-state index contributed by atoms with van der Waals surface area (Å²) < 4.78 is 0. The molecule has 0 aliphatic heterocycles. The lowest BCUT2D eigenvalue weighted by Gasteiger charge is -2.03. The van der Waals surface area contributed by atoms with E-state index in [-0.39, 0.29) is 5.78 Å². The average Bonchev–Trinajstić information content (AvgIpc) is 2.26. The first kappa shape index (κ1) is 13.8. The molecule has 1 N–H and O–H groups in total. The highest BCUT2D eigenvalue weighted by molar-refractivity contribution is 6.02. The Morgan fingerprint density at radius 2 is 1.83 bits per heavy atom. The lowest BCUT2D eigenvalue weighted by Crippen LogP contribution is -2.25. The van der Waals surface area contributed by atoms with E-state index in [2.05, 4.69) is 5.32 Å². The fourth-order valence-electron chi connectivity index (χ4n) is 1.51. The third-order valence-corrected chi connectivity index (χ3v) is 2.37. The van der Waals surface area contributed by atoms with Crippen LogP contribution in [0.15, 0.2) is 24.3 Å². The Labute approximate surface area is 106 Å². The standard InChI is InChI=1S/C14H15NO3/c1-9-4-5-12(8-13(9)10(2)16)6-7-14(18)15-11(3)17/h4-8H,1-3H3,(H,15,17,18)/b7-6+. The summed E-state index contributed by atoms with van der Waals surface area (Å²) in [6, 6.07) is 5.34. The van der Waals surface area contributed by atoms with Crippen LogP contribution in [0.1, 0.15) is 35.3 Å². The lowest BCUT2D eigenvalue weighted by atomic mass is 10.0. The summed E-state index contributed by atoms with van der Waals surface area (Å²) in [5, 5.41) is 2.13. The van der Waals surface area contributed by atoms with Gasteiger partial charge in [0.05, 0.1) is 0 Å². The second-order valence-electron chi connectivity index (χ2n) is 4.01. The van der Waals surface area contributed by atoms with E-state index in [0.29, 0.717) is 5.56 Å². The van der Waals surface area contributed by atoms with Crippen LogP contribution in [0.2, 0.25) is 0 Å². The highest BCUT2D eigenvalue weighted by Crippen LogP contribution is 2.13. The van der Waals surface area contributed by atoms with Crippen molar-refractivity contribution in [2.45, 2.75) is 20.8 Å². The number of benzene rings is 1. The van der Waals surface area contributed by atoms with Gasteiger partial charge in [0.2, 0.25) is 5.91 Å². The molecule has 0 aliphatic carbocycles. The summed E-state index contributed by atoms with van der Waals surface area (Å²) in [6.45, 7) is 4.62. The molecule has 0 aromatic heterocycles. The number of hydrogen-bond donors (Lipinski definition) is 1. The number of carbonyl (C=O) groups excluding carboxylic acids is 3. The third kappa shape index (κ3) is 3.97. The van der Waals surface area contributed by atoms with Crippen molar-refractivity contribution >= 4 is 23.7 Å². The SMILES string of the molecule is CC(=O)NC(=O)/C=C/c1ccc(C)c(C(C)=O)c1. The van der Waals surface area contributed by atoms with Crippen molar-refractivity contribution in [3.63, 3.8) is 0 Å². The van der Waals surface area contributed by atoms with Gasteiger partial charge in [-0.2, -0.15) is 0 Å². The molecule has 4 heteroatoms. The number of Topliss-reactive ketones (excluding diaryl/α,β-unsaturated/α-hetero) is 1. The van der Waals surface area contributed by atoms with E-state index in [1.54, 1.807) is 18.2 Å². The molecule has 0 heterocycles. The minimum atomic E-state index is -0.479. The predicted molar refractivity (Wildman–Crippen MR) is 69.0 cm³/mol. The van der Waals surface area contributed by atoms with E-state index in [9.17, 15) is 14.4 Å². The van der Waals surface area contributed by atoms with Crippen LogP contribution in [0.3, 0.4) is 0 Å². The molecule has 2 amide bonds. The minimum absolute atomic E-state index is 0.0177. The molecule has 0 spiro atoms. The van der Waals surface area contributed by atoms with Crippen molar-refractivity contribution < 1.29 is 14.4 Å². The van der Waals surface area contributed by atoms with Gasteiger partial charge in [0.1, 0.15) is 0 Å². The van der Waals surface area contributed by atoms with E-state index in [1.807, 2.05) is 13.0 Å². The fourth-order valence-corrected chi connectivity index (χ4v) is 1.51. The number of ketones is 1. The molecule has 94 valence electrons. The first-order valence-corrected chi connectivity index (χ1v) is 5.51. The van der Waals surface area contributed by atoms with Crippen LogP contribution in [-0.2, 0) is 9.59 Å². The van der Waals surface area contributed by atoms with E-state index < -0.39 is 11.8 Å². The zero-order valence-corrected chi connectivity index (χ0v) is 10.6.